The Kier molecular flexibility index (Phi) is 22.7. The topological polar surface area (TPSA) is 283 Å². The van der Waals surface area contributed by atoms with E-state index in [9.17, 15) is 38.7 Å². The van der Waals surface area contributed by atoms with E-state index in [1.807, 2.05) is 12.1 Å². The highest BCUT2D eigenvalue weighted by molar-refractivity contribution is 5.96. The SMILES string of the molecule is CC(C)(C)OC(=O)NCCOCCNC(=O)C1CNC(=O)c2ccc(n(OCc3ccccc3)c2=O)C(=O)NCCCNCCCCNCCCNC(=O)c2ccc(c(=O)n2OCc2ccccc2)C(O)N1. The number of carbonyl (C=O) groups excluding carboxylic acids is 5. The summed E-state index contributed by atoms with van der Waals surface area (Å²) in [4.78, 5) is 107. The fourth-order valence-electron chi connectivity index (χ4n) is 7.02. The van der Waals surface area contributed by atoms with Crippen molar-refractivity contribution in [2.45, 2.75) is 77.5 Å². The molecule has 5 heterocycles. The first-order valence-electron chi connectivity index (χ1n) is 24.1. The van der Waals surface area contributed by atoms with Crippen LogP contribution in [-0.2, 0) is 27.5 Å². The number of hydrogen-bond acceptors (Lipinski definition) is 15. The first-order chi connectivity index (χ1) is 34.7. The Labute approximate surface area is 417 Å². The molecule has 4 aromatic rings. The molecule has 72 heavy (non-hydrogen) atoms. The van der Waals surface area contributed by atoms with E-state index >= 15 is 0 Å². The van der Waals surface area contributed by atoms with Crippen LogP contribution in [0.1, 0.15) is 101 Å². The molecule has 22 nitrogen and oxygen atoms in total. The third kappa shape index (κ3) is 18.6. The molecular weight excluding hydrogens is 933 g/mol. The van der Waals surface area contributed by atoms with E-state index in [0.717, 1.165) is 35.4 Å². The number of rotatable bonds is 13. The molecule has 2 aromatic heterocycles. The number of aromatic nitrogens is 2. The summed E-state index contributed by atoms with van der Waals surface area (Å²) in [6.45, 7) is 7.92. The van der Waals surface area contributed by atoms with E-state index in [1.165, 1.54) is 24.3 Å². The minimum absolute atomic E-state index is 0.00773. The smallest absolute Gasteiger partial charge is 0.407 e. The molecule has 2 atom stereocenters. The van der Waals surface area contributed by atoms with Crippen LogP contribution in [0, 0.1) is 0 Å². The van der Waals surface area contributed by atoms with Gasteiger partial charge in [-0.05, 0) is 108 Å². The maximum atomic E-state index is 14.2. The van der Waals surface area contributed by atoms with E-state index in [0.29, 0.717) is 37.1 Å². The zero-order valence-corrected chi connectivity index (χ0v) is 41.1. The molecule has 0 aliphatic carbocycles. The normalized spacial score (nSPS) is 17.1. The van der Waals surface area contributed by atoms with E-state index < -0.39 is 70.8 Å². The van der Waals surface area contributed by atoms with Crippen LogP contribution in [0.5, 0.6) is 0 Å². The lowest BCUT2D eigenvalue weighted by Crippen LogP contribution is -2.53. The van der Waals surface area contributed by atoms with Crippen LogP contribution >= 0.6 is 0 Å². The third-order valence-electron chi connectivity index (χ3n) is 10.7. The molecule has 3 aliphatic heterocycles. The summed E-state index contributed by atoms with van der Waals surface area (Å²) in [6.07, 6.45) is 0.508. The maximum Gasteiger partial charge on any atom is 0.407 e. The van der Waals surface area contributed by atoms with Gasteiger partial charge in [0.25, 0.3) is 28.8 Å². The van der Waals surface area contributed by atoms with Crippen LogP contribution in [0.2, 0.25) is 0 Å². The summed E-state index contributed by atoms with van der Waals surface area (Å²) < 4.78 is 12.3. The molecule has 390 valence electrons. The number of aliphatic hydroxyl groups is 1. The van der Waals surface area contributed by atoms with E-state index in [2.05, 4.69) is 42.5 Å². The molecule has 2 aromatic carbocycles. The Balaban J connectivity index is 1.40. The van der Waals surface area contributed by atoms with Gasteiger partial charge in [-0.2, -0.15) is 0 Å². The Morgan fingerprint density at radius 2 is 1.14 bits per heavy atom. The summed E-state index contributed by atoms with van der Waals surface area (Å²) in [5, 5.41) is 34.4. The van der Waals surface area contributed by atoms with Crippen LogP contribution in [-0.4, -0.2) is 128 Å². The van der Waals surface area contributed by atoms with Crippen molar-refractivity contribution in [2.24, 2.45) is 0 Å². The number of nitrogens with one attached hydrogen (secondary N) is 8. The molecule has 0 spiro atoms. The number of fused-ring (bicyclic) bond motifs is 2. The van der Waals surface area contributed by atoms with Crippen LogP contribution in [0.15, 0.2) is 94.5 Å². The average molecular weight is 1000 g/mol. The molecule has 4 bridgehead atoms. The number of amides is 5. The van der Waals surface area contributed by atoms with Crippen molar-refractivity contribution in [3.05, 3.63) is 139 Å². The predicted molar refractivity (Wildman–Crippen MR) is 266 cm³/mol. The number of alkyl carbamates (subject to hydrolysis) is 1. The van der Waals surface area contributed by atoms with Crippen LogP contribution < -0.4 is 63.3 Å². The lowest BCUT2D eigenvalue weighted by molar-refractivity contribution is -0.124. The van der Waals surface area contributed by atoms with Gasteiger partial charge in [0.1, 0.15) is 48.0 Å². The highest BCUT2D eigenvalue weighted by Gasteiger charge is 2.28. The molecule has 0 fully saturated rings. The van der Waals surface area contributed by atoms with Crippen molar-refractivity contribution in [1.82, 2.24) is 52.0 Å². The van der Waals surface area contributed by atoms with Crippen molar-refractivity contribution < 1.29 is 48.2 Å². The molecule has 0 saturated heterocycles. The molecule has 7 rings (SSSR count). The Hall–Kier alpha value is -7.11. The highest BCUT2D eigenvalue weighted by Crippen LogP contribution is 2.11. The fourth-order valence-corrected chi connectivity index (χ4v) is 7.02. The average Bonchev–Trinajstić information content (AvgIpc) is 3.35. The van der Waals surface area contributed by atoms with Gasteiger partial charge in [-0.3, -0.25) is 34.1 Å². The molecule has 0 radical (unpaired) electrons. The van der Waals surface area contributed by atoms with Crippen LogP contribution in [0.3, 0.4) is 0 Å². The second-order valence-corrected chi connectivity index (χ2v) is 17.6. The number of pyridine rings is 2. The number of nitrogens with zero attached hydrogens (tertiary/aromatic N) is 2. The summed E-state index contributed by atoms with van der Waals surface area (Å²) >= 11 is 0. The molecular formula is C50H68N10O12. The molecule has 22 heteroatoms. The zero-order chi connectivity index (χ0) is 51.7. The van der Waals surface area contributed by atoms with E-state index in [4.69, 9.17) is 19.1 Å². The number of ether oxygens (including phenoxy) is 2. The first kappa shape index (κ1) is 55.8. The zero-order valence-electron chi connectivity index (χ0n) is 41.1. The molecule has 9 N–H and O–H groups in total. The summed E-state index contributed by atoms with van der Waals surface area (Å²) in [6, 6.07) is 21.4. The molecule has 3 aliphatic rings. The number of carbonyl (C=O) groups is 5. The number of aliphatic hydroxyl groups excluding tert-OH is 1. The van der Waals surface area contributed by atoms with Crippen LogP contribution in [0.4, 0.5) is 4.79 Å². The van der Waals surface area contributed by atoms with Gasteiger partial charge in [-0.15, -0.1) is 9.46 Å². The van der Waals surface area contributed by atoms with Crippen molar-refractivity contribution in [2.75, 3.05) is 72.1 Å². The Morgan fingerprint density at radius 1 is 0.625 bits per heavy atom. The van der Waals surface area contributed by atoms with Gasteiger partial charge in [0.2, 0.25) is 5.91 Å². The monoisotopic (exact) mass is 1000 g/mol. The van der Waals surface area contributed by atoms with Gasteiger partial charge in [0.05, 0.1) is 18.8 Å². The summed E-state index contributed by atoms with van der Waals surface area (Å²) in [5.41, 5.74) is -2.22. The van der Waals surface area contributed by atoms with Gasteiger partial charge in [0.15, 0.2) is 0 Å². The Bertz CT molecular complexity index is 2500. The molecule has 2 unspecified atom stereocenters. The predicted octanol–water partition coefficient (Wildman–Crippen LogP) is 0.517. The largest absolute Gasteiger partial charge is 0.444 e. The van der Waals surface area contributed by atoms with Gasteiger partial charge >= 0.3 is 6.09 Å². The van der Waals surface area contributed by atoms with E-state index in [-0.39, 0.29) is 69.6 Å². The maximum absolute atomic E-state index is 14.2. The van der Waals surface area contributed by atoms with Gasteiger partial charge in [-0.25, -0.2) is 4.79 Å². The fraction of sp³-hybridized carbons (Fsp3) is 0.460. The summed E-state index contributed by atoms with van der Waals surface area (Å²) in [7, 11) is 0. The van der Waals surface area contributed by atoms with Gasteiger partial charge < -0.3 is 61.5 Å². The van der Waals surface area contributed by atoms with Crippen molar-refractivity contribution >= 4 is 29.7 Å². The lowest BCUT2D eigenvalue weighted by Gasteiger charge is -2.23. The molecule has 0 saturated carbocycles. The standard InChI is InChI=1S/C50H68N10O12/c1-50(2,3)72-49(68)56-29-31-69-30-28-55-44(63)39-32-57-42(61)37-18-20-40(59(47(37)66)70-33-35-14-6-4-7-15-35)45(64)53-26-12-24-51-22-10-11-23-52-25-13-27-54-46(65)41-21-19-38(43(62)58-39)48(67)60(41)71-34-36-16-8-5-9-17-36/h4-9,14-21,39,43,51-52,58,62H,10-13,22-34H2,1-3H3,(H,53,64)(H,54,65)(H,55,63)(H,56,68)(H,57,61). The van der Waals surface area contributed by atoms with Gasteiger partial charge in [-0.1, -0.05) is 60.7 Å². The number of benzene rings is 2. The quantitative estimate of drug-likeness (QED) is 0.0826. The third-order valence-corrected chi connectivity index (χ3v) is 10.7. The van der Waals surface area contributed by atoms with Crippen molar-refractivity contribution in [3.8, 4) is 0 Å². The van der Waals surface area contributed by atoms with Gasteiger partial charge in [0, 0.05) is 32.7 Å². The highest BCUT2D eigenvalue weighted by atomic mass is 16.7. The minimum atomic E-state index is -1.88. The number of hydrogen-bond donors (Lipinski definition) is 9. The second-order valence-electron chi connectivity index (χ2n) is 17.6. The lowest BCUT2D eigenvalue weighted by atomic mass is 10.1. The van der Waals surface area contributed by atoms with Crippen molar-refractivity contribution in [1.29, 1.82) is 0 Å². The minimum Gasteiger partial charge on any atom is -0.444 e. The molecule has 5 amide bonds. The summed E-state index contributed by atoms with van der Waals surface area (Å²) in [5.74, 6) is -2.91. The van der Waals surface area contributed by atoms with E-state index in [1.54, 1.807) is 69.3 Å². The van der Waals surface area contributed by atoms with Crippen LogP contribution in [0.25, 0.3) is 0 Å². The Morgan fingerprint density at radius 3 is 1.69 bits per heavy atom. The van der Waals surface area contributed by atoms with Crippen molar-refractivity contribution in [3.63, 3.8) is 0 Å². The first-order valence-corrected chi connectivity index (χ1v) is 24.1. The second kappa shape index (κ2) is 29.3.